The highest BCUT2D eigenvalue weighted by Crippen LogP contribution is 2.37. The molecule has 8 heteroatoms. The van der Waals surface area contributed by atoms with Crippen LogP contribution < -0.4 is 10.5 Å². The van der Waals surface area contributed by atoms with Crippen LogP contribution in [0.25, 0.3) is 11.4 Å². The second-order valence-corrected chi connectivity index (χ2v) is 7.01. The van der Waals surface area contributed by atoms with Crippen LogP contribution in [0.4, 0.5) is 18.9 Å². The summed E-state index contributed by atoms with van der Waals surface area (Å²) in [5.74, 6) is 0.0982. The Balaban J connectivity index is 2.08. The van der Waals surface area contributed by atoms with Gasteiger partial charge in [-0.3, -0.25) is 4.79 Å². The van der Waals surface area contributed by atoms with Crippen molar-refractivity contribution in [2.24, 2.45) is 0 Å². The first-order chi connectivity index (χ1) is 12.8. The molecule has 0 atom stereocenters. The molecule has 4 nitrogen and oxygen atoms in total. The molecule has 1 N–H and O–H groups in total. The summed E-state index contributed by atoms with van der Waals surface area (Å²) in [6.45, 7) is 0. The van der Waals surface area contributed by atoms with E-state index in [1.54, 1.807) is 54.6 Å². The number of aromatic nitrogens is 2. The number of nitrogens with one attached hydrogen (secondary N) is 1. The Kier molecular flexibility index (Phi) is 5.27. The van der Waals surface area contributed by atoms with E-state index in [0.29, 0.717) is 10.5 Å². The molecular formula is C19H16F3N3OS. The number of aromatic amines is 1. The summed E-state index contributed by atoms with van der Waals surface area (Å²) >= 11 is 0.815. The van der Waals surface area contributed by atoms with Crippen LogP contribution >= 0.6 is 11.8 Å². The molecule has 0 saturated carbocycles. The van der Waals surface area contributed by atoms with Crippen LogP contribution in [0.5, 0.6) is 0 Å². The van der Waals surface area contributed by atoms with Gasteiger partial charge in [0, 0.05) is 30.2 Å². The van der Waals surface area contributed by atoms with E-state index < -0.39 is 17.3 Å². The third kappa shape index (κ3) is 4.33. The minimum atomic E-state index is -4.80. The van der Waals surface area contributed by atoms with Gasteiger partial charge in [-0.2, -0.15) is 13.2 Å². The highest BCUT2D eigenvalue weighted by Gasteiger charge is 2.38. The van der Waals surface area contributed by atoms with Gasteiger partial charge in [-0.1, -0.05) is 42.1 Å². The fourth-order valence-electron chi connectivity index (χ4n) is 2.43. The normalized spacial score (nSPS) is 11.4. The molecule has 27 heavy (non-hydrogen) atoms. The highest BCUT2D eigenvalue weighted by atomic mass is 32.2. The van der Waals surface area contributed by atoms with E-state index in [4.69, 9.17) is 0 Å². The number of hydrogen-bond donors (Lipinski definition) is 1. The Morgan fingerprint density at radius 3 is 2.19 bits per heavy atom. The highest BCUT2D eigenvalue weighted by molar-refractivity contribution is 7.99. The van der Waals surface area contributed by atoms with Crippen LogP contribution in [0.1, 0.15) is 5.56 Å². The van der Waals surface area contributed by atoms with Crippen molar-refractivity contribution in [1.82, 2.24) is 9.97 Å². The van der Waals surface area contributed by atoms with Gasteiger partial charge in [0.05, 0.1) is 0 Å². The zero-order valence-corrected chi connectivity index (χ0v) is 15.4. The van der Waals surface area contributed by atoms with Gasteiger partial charge in [-0.05, 0) is 24.3 Å². The lowest BCUT2D eigenvalue weighted by Gasteiger charge is -2.14. The van der Waals surface area contributed by atoms with Crippen molar-refractivity contribution in [1.29, 1.82) is 0 Å². The van der Waals surface area contributed by atoms with E-state index in [1.807, 2.05) is 19.0 Å². The Morgan fingerprint density at radius 1 is 1.00 bits per heavy atom. The summed E-state index contributed by atoms with van der Waals surface area (Å²) in [5, 5.41) is -0.372. The summed E-state index contributed by atoms with van der Waals surface area (Å²) in [6, 6.07) is 15.5. The fraction of sp³-hybridized carbons (Fsp3) is 0.158. The van der Waals surface area contributed by atoms with Gasteiger partial charge in [0.15, 0.2) is 5.56 Å². The van der Waals surface area contributed by atoms with Crippen LogP contribution in [0.2, 0.25) is 0 Å². The van der Waals surface area contributed by atoms with Gasteiger partial charge < -0.3 is 9.88 Å². The summed E-state index contributed by atoms with van der Waals surface area (Å²) < 4.78 is 40.3. The maximum atomic E-state index is 13.4. The molecule has 0 aliphatic heterocycles. The Bertz CT molecular complexity index is 984. The maximum Gasteiger partial charge on any atom is 0.424 e. The lowest BCUT2D eigenvalue weighted by molar-refractivity contribution is -0.141. The molecule has 3 rings (SSSR count). The monoisotopic (exact) mass is 391 g/mol. The zero-order chi connectivity index (χ0) is 19.6. The van der Waals surface area contributed by atoms with E-state index in [1.165, 1.54) is 0 Å². The lowest BCUT2D eigenvalue weighted by atomic mass is 10.2. The van der Waals surface area contributed by atoms with Crippen molar-refractivity contribution in [2.45, 2.75) is 16.1 Å². The lowest BCUT2D eigenvalue weighted by Crippen LogP contribution is -2.24. The minimum Gasteiger partial charge on any atom is -0.378 e. The van der Waals surface area contributed by atoms with Crippen molar-refractivity contribution in [3.63, 3.8) is 0 Å². The molecule has 0 radical (unpaired) electrons. The largest absolute Gasteiger partial charge is 0.424 e. The number of rotatable bonds is 4. The van der Waals surface area contributed by atoms with Crippen molar-refractivity contribution in [3.8, 4) is 11.4 Å². The smallest absolute Gasteiger partial charge is 0.378 e. The number of nitrogens with zero attached hydrogens (tertiary/aromatic N) is 2. The molecule has 2 aromatic carbocycles. The molecule has 0 saturated heterocycles. The van der Waals surface area contributed by atoms with Crippen molar-refractivity contribution in [3.05, 3.63) is 70.5 Å². The molecule has 0 aliphatic rings. The second kappa shape index (κ2) is 7.48. The second-order valence-electron chi connectivity index (χ2n) is 5.95. The van der Waals surface area contributed by atoms with E-state index >= 15 is 0 Å². The van der Waals surface area contributed by atoms with E-state index in [0.717, 1.165) is 17.4 Å². The van der Waals surface area contributed by atoms with Crippen molar-refractivity contribution in [2.75, 3.05) is 19.0 Å². The van der Waals surface area contributed by atoms with Gasteiger partial charge in [0.1, 0.15) is 10.9 Å². The number of H-pyrrole nitrogens is 1. The average molecular weight is 391 g/mol. The van der Waals surface area contributed by atoms with Gasteiger partial charge in [-0.25, -0.2) is 4.98 Å². The topological polar surface area (TPSA) is 49.0 Å². The third-order valence-electron chi connectivity index (χ3n) is 3.78. The van der Waals surface area contributed by atoms with Gasteiger partial charge in [0.25, 0.3) is 5.56 Å². The summed E-state index contributed by atoms with van der Waals surface area (Å²) in [5.41, 5.74) is -1.04. The predicted octanol–water partition coefficient (Wildman–Crippen LogP) is 4.67. The van der Waals surface area contributed by atoms with E-state index in [9.17, 15) is 18.0 Å². The molecule has 0 spiro atoms. The first kappa shape index (κ1) is 19.0. The average Bonchev–Trinajstić information content (AvgIpc) is 2.61. The fourth-order valence-corrected chi connectivity index (χ4v) is 3.38. The van der Waals surface area contributed by atoms with Gasteiger partial charge in [-0.15, -0.1) is 0 Å². The first-order valence-electron chi connectivity index (χ1n) is 7.98. The molecule has 0 amide bonds. The molecule has 0 fully saturated rings. The van der Waals surface area contributed by atoms with Crippen LogP contribution in [-0.4, -0.2) is 24.1 Å². The number of hydrogen-bond acceptors (Lipinski definition) is 4. The summed E-state index contributed by atoms with van der Waals surface area (Å²) in [7, 11) is 3.74. The minimum absolute atomic E-state index is 0.0982. The first-order valence-corrected chi connectivity index (χ1v) is 8.79. The van der Waals surface area contributed by atoms with E-state index in [-0.39, 0.29) is 10.9 Å². The Hall–Kier alpha value is -2.74. The molecule has 3 aromatic rings. The molecule has 0 aliphatic carbocycles. The van der Waals surface area contributed by atoms with Gasteiger partial charge >= 0.3 is 6.18 Å². The molecule has 0 bridgehead atoms. The molecule has 140 valence electrons. The Labute approximate surface area is 158 Å². The van der Waals surface area contributed by atoms with E-state index in [2.05, 4.69) is 9.97 Å². The molecule has 0 unspecified atom stereocenters. The van der Waals surface area contributed by atoms with Crippen LogP contribution in [-0.2, 0) is 6.18 Å². The molecular weight excluding hydrogens is 375 g/mol. The predicted molar refractivity (Wildman–Crippen MR) is 100 cm³/mol. The van der Waals surface area contributed by atoms with Crippen LogP contribution in [0.15, 0.2) is 69.3 Å². The van der Waals surface area contributed by atoms with Crippen molar-refractivity contribution < 1.29 is 13.2 Å². The third-order valence-corrected chi connectivity index (χ3v) is 4.78. The number of anilines is 1. The molecule has 1 aromatic heterocycles. The zero-order valence-electron chi connectivity index (χ0n) is 14.5. The van der Waals surface area contributed by atoms with Crippen molar-refractivity contribution >= 4 is 17.4 Å². The number of halogens is 3. The van der Waals surface area contributed by atoms with Gasteiger partial charge in [0.2, 0.25) is 0 Å². The van der Waals surface area contributed by atoms with Crippen LogP contribution in [0, 0.1) is 0 Å². The number of benzene rings is 2. The van der Waals surface area contributed by atoms with Crippen LogP contribution in [0.3, 0.4) is 0 Å². The number of alkyl halides is 3. The maximum absolute atomic E-state index is 13.4. The molecule has 1 heterocycles. The summed E-state index contributed by atoms with van der Waals surface area (Å²) in [4.78, 5) is 21.0. The quantitative estimate of drug-likeness (QED) is 0.657. The summed E-state index contributed by atoms with van der Waals surface area (Å²) in [6.07, 6.45) is -4.80. The SMILES string of the molecule is CN(C)c1ccc(Sc2nc(-c3ccccc3)[nH]c(=O)c2C(F)(F)F)cc1. The standard InChI is InChI=1S/C19H16F3N3OS/c1-25(2)13-8-10-14(11-9-13)27-18-15(19(20,21)22)17(26)23-16(24-18)12-6-4-3-5-7-12/h3-11H,1-2H3,(H,23,24,26). The Morgan fingerprint density at radius 2 is 1.63 bits per heavy atom.